The van der Waals surface area contributed by atoms with Crippen molar-refractivity contribution in [2.45, 2.75) is 71.4 Å². The third-order valence-electron chi connectivity index (χ3n) is 5.44. The summed E-state index contributed by atoms with van der Waals surface area (Å²) in [5.74, 6) is 0.176. The van der Waals surface area contributed by atoms with E-state index in [9.17, 15) is 4.79 Å². The van der Waals surface area contributed by atoms with Gasteiger partial charge < -0.3 is 4.90 Å². The zero-order valence-corrected chi connectivity index (χ0v) is 15.8. The van der Waals surface area contributed by atoms with Gasteiger partial charge in [-0.05, 0) is 43.6 Å². The Hall–Kier alpha value is -1.35. The molecule has 24 heavy (non-hydrogen) atoms. The maximum Gasteiger partial charge on any atom is 0.253 e. The Morgan fingerprint density at radius 2 is 1.50 bits per heavy atom. The van der Waals surface area contributed by atoms with Crippen molar-refractivity contribution < 1.29 is 4.79 Å². The fourth-order valence-electron chi connectivity index (χ4n) is 3.65. The molecular weight excluding hydrogens is 296 g/mol. The molecule has 0 aromatic heterocycles. The van der Waals surface area contributed by atoms with Gasteiger partial charge in [-0.15, -0.1) is 0 Å². The van der Waals surface area contributed by atoms with E-state index in [-0.39, 0.29) is 5.91 Å². The van der Waals surface area contributed by atoms with Crippen LogP contribution in [0.1, 0.15) is 74.7 Å². The van der Waals surface area contributed by atoms with Gasteiger partial charge in [0.15, 0.2) is 0 Å². The molecule has 0 bridgehead atoms. The molecule has 1 aliphatic rings. The first kappa shape index (κ1) is 19.0. The van der Waals surface area contributed by atoms with E-state index in [1.54, 1.807) is 0 Å². The van der Waals surface area contributed by atoms with Crippen molar-refractivity contribution in [3.8, 4) is 0 Å². The molecule has 3 heteroatoms. The van der Waals surface area contributed by atoms with Gasteiger partial charge in [-0.2, -0.15) is 0 Å². The van der Waals surface area contributed by atoms with Crippen LogP contribution in [0, 0.1) is 0 Å². The predicted octanol–water partition coefficient (Wildman–Crippen LogP) is 4.71. The fraction of sp³-hybridized carbons (Fsp3) is 0.667. The molecule has 0 atom stereocenters. The number of benzene rings is 1. The lowest BCUT2D eigenvalue weighted by Gasteiger charge is -2.30. The minimum absolute atomic E-state index is 0.176. The monoisotopic (exact) mass is 330 g/mol. The van der Waals surface area contributed by atoms with E-state index in [4.69, 9.17) is 0 Å². The van der Waals surface area contributed by atoms with Crippen LogP contribution < -0.4 is 0 Å². The number of amides is 1. The molecule has 3 nitrogen and oxygen atoms in total. The van der Waals surface area contributed by atoms with Crippen LogP contribution in [-0.2, 0) is 6.54 Å². The van der Waals surface area contributed by atoms with Crippen molar-refractivity contribution in [1.29, 1.82) is 0 Å². The van der Waals surface area contributed by atoms with Crippen molar-refractivity contribution in [3.63, 3.8) is 0 Å². The van der Waals surface area contributed by atoms with Crippen LogP contribution in [0.3, 0.4) is 0 Å². The smallest absolute Gasteiger partial charge is 0.253 e. The van der Waals surface area contributed by atoms with Gasteiger partial charge in [-0.1, -0.05) is 58.1 Å². The maximum absolute atomic E-state index is 12.8. The maximum atomic E-state index is 12.8. The fourth-order valence-corrected chi connectivity index (χ4v) is 3.65. The van der Waals surface area contributed by atoms with E-state index in [2.05, 4.69) is 30.9 Å². The van der Waals surface area contributed by atoms with Gasteiger partial charge in [0, 0.05) is 25.2 Å². The molecule has 0 radical (unpaired) electrons. The largest absolute Gasteiger partial charge is 0.339 e. The first-order chi connectivity index (χ1) is 11.7. The summed E-state index contributed by atoms with van der Waals surface area (Å²) in [6.45, 7) is 7.44. The molecule has 1 aromatic rings. The van der Waals surface area contributed by atoms with Crippen molar-refractivity contribution in [2.75, 3.05) is 20.1 Å². The van der Waals surface area contributed by atoms with E-state index < -0.39 is 0 Å². The molecule has 1 aromatic carbocycles. The minimum Gasteiger partial charge on any atom is -0.339 e. The molecule has 1 aliphatic carbocycles. The Morgan fingerprint density at radius 1 is 0.958 bits per heavy atom. The average molecular weight is 331 g/mol. The average Bonchev–Trinajstić information content (AvgIpc) is 2.59. The Labute approximate surface area is 148 Å². The quantitative estimate of drug-likeness (QED) is 0.754. The third-order valence-corrected chi connectivity index (χ3v) is 5.44. The van der Waals surface area contributed by atoms with Crippen LogP contribution >= 0.6 is 0 Å². The van der Waals surface area contributed by atoms with E-state index in [1.165, 1.54) is 37.7 Å². The summed E-state index contributed by atoms with van der Waals surface area (Å²) >= 11 is 0. The second-order valence-corrected chi connectivity index (χ2v) is 7.07. The lowest BCUT2D eigenvalue weighted by molar-refractivity contribution is 0.0707. The predicted molar refractivity (Wildman–Crippen MR) is 101 cm³/mol. The SMILES string of the molecule is CCN(CC)Cc1ccc(C(=O)N(C)C2CCCCCCC2)cc1. The highest BCUT2D eigenvalue weighted by Gasteiger charge is 2.21. The molecule has 1 saturated carbocycles. The summed E-state index contributed by atoms with van der Waals surface area (Å²) in [4.78, 5) is 17.2. The summed E-state index contributed by atoms with van der Waals surface area (Å²) < 4.78 is 0. The Kier molecular flexibility index (Phi) is 7.77. The van der Waals surface area contributed by atoms with Crippen LogP contribution in [0.15, 0.2) is 24.3 Å². The zero-order valence-electron chi connectivity index (χ0n) is 15.8. The van der Waals surface area contributed by atoms with Crippen molar-refractivity contribution in [1.82, 2.24) is 9.80 Å². The van der Waals surface area contributed by atoms with Gasteiger partial charge in [0.25, 0.3) is 5.91 Å². The number of hydrogen-bond donors (Lipinski definition) is 0. The topological polar surface area (TPSA) is 23.6 Å². The number of carbonyl (C=O) groups excluding carboxylic acids is 1. The van der Waals surface area contributed by atoms with Gasteiger partial charge in [-0.25, -0.2) is 0 Å². The van der Waals surface area contributed by atoms with Gasteiger partial charge in [0.2, 0.25) is 0 Å². The van der Waals surface area contributed by atoms with Crippen LogP contribution in [-0.4, -0.2) is 41.9 Å². The van der Waals surface area contributed by atoms with Crippen LogP contribution in [0.5, 0.6) is 0 Å². The first-order valence-corrected chi connectivity index (χ1v) is 9.74. The number of rotatable bonds is 6. The number of nitrogens with zero attached hydrogens (tertiary/aromatic N) is 2. The van der Waals surface area contributed by atoms with Crippen LogP contribution in [0.4, 0.5) is 0 Å². The van der Waals surface area contributed by atoms with Gasteiger partial charge >= 0.3 is 0 Å². The van der Waals surface area contributed by atoms with Crippen molar-refractivity contribution >= 4 is 5.91 Å². The Balaban J connectivity index is 1.97. The van der Waals surface area contributed by atoms with E-state index in [0.717, 1.165) is 38.0 Å². The second kappa shape index (κ2) is 9.83. The Bertz CT molecular complexity index is 485. The van der Waals surface area contributed by atoms with E-state index >= 15 is 0 Å². The number of hydrogen-bond acceptors (Lipinski definition) is 2. The molecule has 2 rings (SSSR count). The molecule has 1 fully saturated rings. The Morgan fingerprint density at radius 3 is 2.04 bits per heavy atom. The lowest BCUT2D eigenvalue weighted by atomic mass is 9.95. The van der Waals surface area contributed by atoms with E-state index in [0.29, 0.717) is 6.04 Å². The molecule has 0 aliphatic heterocycles. The van der Waals surface area contributed by atoms with Crippen molar-refractivity contribution in [2.24, 2.45) is 0 Å². The normalized spacial score (nSPS) is 16.7. The highest BCUT2D eigenvalue weighted by molar-refractivity contribution is 5.94. The molecule has 0 spiro atoms. The van der Waals surface area contributed by atoms with Gasteiger partial charge in [-0.3, -0.25) is 9.69 Å². The summed E-state index contributed by atoms with van der Waals surface area (Å²) in [6, 6.07) is 8.63. The molecule has 0 unspecified atom stereocenters. The molecule has 0 heterocycles. The molecule has 0 N–H and O–H groups in total. The van der Waals surface area contributed by atoms with Crippen molar-refractivity contribution in [3.05, 3.63) is 35.4 Å². The summed E-state index contributed by atoms with van der Waals surface area (Å²) in [6.07, 6.45) is 8.82. The summed E-state index contributed by atoms with van der Waals surface area (Å²) in [7, 11) is 1.98. The van der Waals surface area contributed by atoms with Crippen LogP contribution in [0.25, 0.3) is 0 Å². The highest BCUT2D eigenvalue weighted by Crippen LogP contribution is 2.22. The standard InChI is InChI=1S/C21H34N2O/c1-4-23(5-2)17-18-13-15-19(16-14-18)21(24)22(3)20-11-9-7-6-8-10-12-20/h13-16,20H,4-12,17H2,1-3H3. The third kappa shape index (κ3) is 5.34. The molecular formula is C21H34N2O. The summed E-state index contributed by atoms with van der Waals surface area (Å²) in [5, 5.41) is 0. The lowest BCUT2D eigenvalue weighted by Crippen LogP contribution is -2.37. The van der Waals surface area contributed by atoms with Crippen LogP contribution in [0.2, 0.25) is 0 Å². The van der Waals surface area contributed by atoms with Gasteiger partial charge in [0.1, 0.15) is 0 Å². The highest BCUT2D eigenvalue weighted by atomic mass is 16.2. The second-order valence-electron chi connectivity index (χ2n) is 7.07. The summed E-state index contributed by atoms with van der Waals surface area (Å²) in [5.41, 5.74) is 2.10. The molecule has 0 saturated heterocycles. The first-order valence-electron chi connectivity index (χ1n) is 9.74. The number of carbonyl (C=O) groups is 1. The van der Waals surface area contributed by atoms with Gasteiger partial charge in [0.05, 0.1) is 0 Å². The zero-order chi connectivity index (χ0) is 17.4. The molecule has 1 amide bonds. The molecule has 134 valence electrons. The minimum atomic E-state index is 0.176. The van der Waals surface area contributed by atoms with E-state index in [1.807, 2.05) is 24.1 Å².